The van der Waals surface area contributed by atoms with Crippen molar-refractivity contribution in [3.05, 3.63) is 28.5 Å². The number of likely N-dealkylation sites (tertiary alicyclic amines) is 1. The molecule has 100 valence electrons. The van der Waals surface area contributed by atoms with Gasteiger partial charge in [0.1, 0.15) is 16.4 Å². The van der Waals surface area contributed by atoms with Gasteiger partial charge in [-0.25, -0.2) is 4.98 Å². The maximum atomic E-state index is 12.4. The molecule has 1 aromatic rings. The first kappa shape index (κ1) is 13.6. The van der Waals surface area contributed by atoms with E-state index in [1.165, 1.54) is 6.07 Å². The van der Waals surface area contributed by atoms with Crippen LogP contribution in [0.1, 0.15) is 17.7 Å². The summed E-state index contributed by atoms with van der Waals surface area (Å²) in [5.41, 5.74) is -2.02. The number of likely N-dealkylation sites (N-methyl/N-ethyl adjacent to an activating group) is 1. The van der Waals surface area contributed by atoms with Crippen molar-refractivity contribution in [2.24, 2.45) is 0 Å². The maximum absolute atomic E-state index is 12.4. The summed E-state index contributed by atoms with van der Waals surface area (Å²) in [7, 11) is 1.82. The largest absolute Gasteiger partial charge is 0.433 e. The van der Waals surface area contributed by atoms with E-state index in [1.54, 1.807) is 0 Å². The zero-order chi connectivity index (χ0) is 13.6. The Morgan fingerprint density at radius 1 is 1.44 bits per heavy atom. The standard InChI is InChI=1S/C11H12ClF3N2O/c1-17-5-4-10(18,6-17)7-2-3-8(11(13,14)15)16-9(7)12/h2-3,18H,4-6H2,1H3. The maximum Gasteiger partial charge on any atom is 0.433 e. The van der Waals surface area contributed by atoms with E-state index in [9.17, 15) is 18.3 Å². The molecular formula is C11H12ClF3N2O. The number of pyridine rings is 1. The molecule has 1 unspecified atom stereocenters. The third kappa shape index (κ3) is 2.46. The van der Waals surface area contributed by atoms with Crippen LogP contribution in [0.15, 0.2) is 12.1 Å². The fourth-order valence-electron chi connectivity index (χ4n) is 2.14. The molecule has 3 nitrogen and oxygen atoms in total. The van der Waals surface area contributed by atoms with Crippen molar-refractivity contribution in [2.75, 3.05) is 20.1 Å². The molecule has 2 heterocycles. The van der Waals surface area contributed by atoms with Gasteiger partial charge in [-0.2, -0.15) is 13.2 Å². The van der Waals surface area contributed by atoms with Gasteiger partial charge in [-0.1, -0.05) is 17.7 Å². The molecule has 0 spiro atoms. The molecule has 0 amide bonds. The third-order valence-electron chi connectivity index (χ3n) is 3.08. The highest BCUT2D eigenvalue weighted by Crippen LogP contribution is 2.37. The summed E-state index contributed by atoms with van der Waals surface area (Å²) >= 11 is 5.76. The van der Waals surface area contributed by atoms with E-state index < -0.39 is 17.5 Å². The van der Waals surface area contributed by atoms with Crippen molar-refractivity contribution in [2.45, 2.75) is 18.2 Å². The summed E-state index contributed by atoms with van der Waals surface area (Å²) in [4.78, 5) is 5.20. The van der Waals surface area contributed by atoms with Crippen molar-refractivity contribution < 1.29 is 18.3 Å². The molecule has 2 rings (SSSR count). The fourth-order valence-corrected chi connectivity index (χ4v) is 2.47. The number of aliphatic hydroxyl groups is 1. The summed E-state index contributed by atoms with van der Waals surface area (Å²) in [6.07, 6.45) is -4.10. The number of rotatable bonds is 1. The topological polar surface area (TPSA) is 36.4 Å². The number of β-amino-alcohol motifs (C(OH)–C–C–N with tert-alkyl or cyclic N) is 1. The summed E-state index contributed by atoms with van der Waals surface area (Å²) < 4.78 is 37.3. The van der Waals surface area contributed by atoms with Crippen molar-refractivity contribution in [1.82, 2.24) is 9.88 Å². The predicted molar refractivity (Wildman–Crippen MR) is 60.3 cm³/mol. The highest BCUT2D eigenvalue weighted by atomic mass is 35.5. The van der Waals surface area contributed by atoms with Gasteiger partial charge in [0.05, 0.1) is 0 Å². The van der Waals surface area contributed by atoms with Crippen LogP contribution in [-0.4, -0.2) is 35.1 Å². The Balaban J connectivity index is 2.36. The van der Waals surface area contributed by atoms with Crippen LogP contribution < -0.4 is 0 Å². The zero-order valence-electron chi connectivity index (χ0n) is 9.63. The van der Waals surface area contributed by atoms with Gasteiger partial charge < -0.3 is 10.0 Å². The van der Waals surface area contributed by atoms with E-state index in [1.807, 2.05) is 11.9 Å². The lowest BCUT2D eigenvalue weighted by molar-refractivity contribution is -0.141. The second kappa shape index (κ2) is 4.36. The minimum absolute atomic E-state index is 0.251. The van der Waals surface area contributed by atoms with Crippen LogP contribution in [0.2, 0.25) is 5.15 Å². The van der Waals surface area contributed by atoms with E-state index in [-0.39, 0.29) is 10.7 Å². The Labute approximate surface area is 107 Å². The lowest BCUT2D eigenvalue weighted by Crippen LogP contribution is -2.30. The van der Waals surface area contributed by atoms with E-state index in [0.717, 1.165) is 6.07 Å². The summed E-state index contributed by atoms with van der Waals surface area (Å²) in [5.74, 6) is 0. The molecule has 1 aliphatic rings. The van der Waals surface area contributed by atoms with Crippen LogP contribution in [0.4, 0.5) is 13.2 Å². The van der Waals surface area contributed by atoms with E-state index in [2.05, 4.69) is 4.98 Å². The van der Waals surface area contributed by atoms with Crippen LogP contribution in [0.5, 0.6) is 0 Å². The number of halogens is 4. The average Bonchev–Trinajstić information content (AvgIpc) is 2.58. The van der Waals surface area contributed by atoms with Gasteiger partial charge in [-0.3, -0.25) is 0 Å². The molecule has 1 atom stereocenters. The lowest BCUT2D eigenvalue weighted by atomic mass is 9.94. The molecule has 1 aliphatic heterocycles. The van der Waals surface area contributed by atoms with Crippen molar-refractivity contribution in [3.8, 4) is 0 Å². The molecule has 0 saturated carbocycles. The Bertz CT molecular complexity index is 466. The van der Waals surface area contributed by atoms with Gasteiger partial charge in [0, 0.05) is 18.7 Å². The van der Waals surface area contributed by atoms with Crippen molar-refractivity contribution >= 4 is 11.6 Å². The molecule has 0 radical (unpaired) electrons. The SMILES string of the molecule is CN1CCC(O)(c2ccc(C(F)(F)F)nc2Cl)C1. The minimum Gasteiger partial charge on any atom is -0.384 e. The Kier molecular flexibility index (Phi) is 3.29. The third-order valence-corrected chi connectivity index (χ3v) is 3.37. The number of aromatic nitrogens is 1. The molecule has 1 fully saturated rings. The van der Waals surface area contributed by atoms with Gasteiger partial charge >= 0.3 is 6.18 Å². The first-order valence-electron chi connectivity index (χ1n) is 5.37. The van der Waals surface area contributed by atoms with Gasteiger partial charge in [0.2, 0.25) is 0 Å². The van der Waals surface area contributed by atoms with Gasteiger partial charge in [-0.15, -0.1) is 0 Å². The second-order valence-corrected chi connectivity index (χ2v) is 4.91. The molecule has 1 saturated heterocycles. The highest BCUT2D eigenvalue weighted by molar-refractivity contribution is 6.30. The van der Waals surface area contributed by atoms with E-state index in [4.69, 9.17) is 11.6 Å². The summed E-state index contributed by atoms with van der Waals surface area (Å²) in [6.45, 7) is 0.994. The number of nitrogens with zero attached hydrogens (tertiary/aromatic N) is 2. The molecular weight excluding hydrogens is 269 g/mol. The molecule has 1 N–H and O–H groups in total. The highest BCUT2D eigenvalue weighted by Gasteiger charge is 2.40. The van der Waals surface area contributed by atoms with Crippen molar-refractivity contribution in [1.29, 1.82) is 0 Å². The number of alkyl halides is 3. The lowest BCUT2D eigenvalue weighted by Gasteiger charge is -2.24. The summed E-state index contributed by atoms with van der Waals surface area (Å²) in [5, 5.41) is 10.1. The van der Waals surface area contributed by atoms with Crippen LogP contribution in [0, 0.1) is 0 Å². The molecule has 0 aromatic carbocycles. The van der Waals surface area contributed by atoms with Crippen LogP contribution in [0.3, 0.4) is 0 Å². The number of hydrogen-bond donors (Lipinski definition) is 1. The first-order chi connectivity index (χ1) is 8.22. The van der Waals surface area contributed by atoms with Gasteiger partial charge in [0.25, 0.3) is 0 Å². The fraction of sp³-hybridized carbons (Fsp3) is 0.545. The van der Waals surface area contributed by atoms with E-state index in [0.29, 0.717) is 19.5 Å². The van der Waals surface area contributed by atoms with Crippen LogP contribution in [-0.2, 0) is 11.8 Å². The Morgan fingerprint density at radius 3 is 2.56 bits per heavy atom. The second-order valence-electron chi connectivity index (χ2n) is 4.55. The van der Waals surface area contributed by atoms with Crippen LogP contribution in [0.25, 0.3) is 0 Å². The normalized spacial score (nSPS) is 25.7. The monoisotopic (exact) mass is 280 g/mol. The smallest absolute Gasteiger partial charge is 0.384 e. The van der Waals surface area contributed by atoms with Gasteiger partial charge in [0.15, 0.2) is 0 Å². The molecule has 0 aliphatic carbocycles. The quantitative estimate of drug-likeness (QED) is 0.802. The minimum atomic E-state index is -4.53. The van der Waals surface area contributed by atoms with E-state index >= 15 is 0 Å². The number of hydrogen-bond acceptors (Lipinski definition) is 3. The van der Waals surface area contributed by atoms with Crippen molar-refractivity contribution in [3.63, 3.8) is 0 Å². The van der Waals surface area contributed by atoms with Crippen LogP contribution >= 0.6 is 11.6 Å². The zero-order valence-corrected chi connectivity index (χ0v) is 10.4. The molecule has 0 bridgehead atoms. The summed E-state index contributed by atoms with van der Waals surface area (Å²) in [6, 6.07) is 2.05. The first-order valence-corrected chi connectivity index (χ1v) is 5.75. The molecule has 1 aromatic heterocycles. The Hall–Kier alpha value is -0.850. The molecule has 7 heteroatoms. The molecule has 18 heavy (non-hydrogen) atoms. The average molecular weight is 281 g/mol. The Morgan fingerprint density at radius 2 is 2.11 bits per heavy atom. The predicted octanol–water partition coefficient (Wildman–Crippen LogP) is 2.28. The van der Waals surface area contributed by atoms with Gasteiger partial charge in [-0.05, 0) is 19.5 Å².